The van der Waals surface area contributed by atoms with Gasteiger partial charge in [0.1, 0.15) is 6.04 Å². The average molecular weight is 650 g/mol. The SMILES string of the molecule is CCCCS(=O)(=O)NC(CNC(=O)c1ccc2cn(C(C)(C)c3ccc(NC(=O)Nc4ccccc4C)cc3)c(O)c2c1)C(=O)O. The molecule has 0 aliphatic carbocycles. The lowest BCUT2D eigenvalue weighted by atomic mass is 9.93. The zero-order chi connectivity index (χ0) is 33.6. The van der Waals surface area contributed by atoms with Gasteiger partial charge < -0.3 is 30.7 Å². The zero-order valence-electron chi connectivity index (χ0n) is 26.1. The summed E-state index contributed by atoms with van der Waals surface area (Å²) < 4.78 is 28.2. The summed E-state index contributed by atoms with van der Waals surface area (Å²) in [6.45, 7) is 7.10. The molecule has 13 heteroatoms. The number of carboxylic acids is 1. The second kappa shape index (κ2) is 14.0. The molecule has 0 spiro atoms. The monoisotopic (exact) mass is 649 g/mol. The first-order chi connectivity index (χ1) is 21.7. The van der Waals surface area contributed by atoms with Gasteiger partial charge in [-0.2, -0.15) is 4.72 Å². The topological polar surface area (TPSA) is 179 Å². The van der Waals surface area contributed by atoms with Crippen LogP contribution in [0.5, 0.6) is 5.88 Å². The molecule has 1 heterocycles. The zero-order valence-corrected chi connectivity index (χ0v) is 26.9. The molecule has 6 N–H and O–H groups in total. The molecular weight excluding hydrogens is 610 g/mol. The van der Waals surface area contributed by atoms with Gasteiger partial charge in [-0.25, -0.2) is 13.2 Å². The number of para-hydroxylation sites is 1. The second-order valence-corrected chi connectivity index (χ2v) is 13.4. The number of carbonyl (C=O) groups is 3. The van der Waals surface area contributed by atoms with E-state index in [0.29, 0.717) is 35.0 Å². The number of aliphatic carboxylic acids is 1. The van der Waals surface area contributed by atoms with Gasteiger partial charge in [0, 0.05) is 40.5 Å². The number of aromatic hydroxyl groups is 1. The maximum absolute atomic E-state index is 12.9. The Balaban J connectivity index is 1.46. The summed E-state index contributed by atoms with van der Waals surface area (Å²) in [5.41, 5.74) is 2.50. The molecule has 244 valence electrons. The van der Waals surface area contributed by atoms with Crippen LogP contribution in [0, 0.1) is 6.92 Å². The number of fused-ring (bicyclic) bond motifs is 1. The minimum atomic E-state index is -3.83. The number of nitrogens with zero attached hydrogens (tertiary/aromatic N) is 1. The highest BCUT2D eigenvalue weighted by Crippen LogP contribution is 2.37. The molecule has 1 unspecified atom stereocenters. The molecule has 46 heavy (non-hydrogen) atoms. The van der Waals surface area contributed by atoms with E-state index in [4.69, 9.17) is 0 Å². The number of urea groups is 1. The summed E-state index contributed by atoms with van der Waals surface area (Å²) in [7, 11) is -3.83. The van der Waals surface area contributed by atoms with E-state index in [9.17, 15) is 33.0 Å². The molecule has 0 fully saturated rings. The van der Waals surface area contributed by atoms with Crippen LogP contribution in [0.25, 0.3) is 10.8 Å². The van der Waals surface area contributed by atoms with Crippen LogP contribution in [0.4, 0.5) is 16.2 Å². The van der Waals surface area contributed by atoms with Crippen molar-refractivity contribution in [3.8, 4) is 5.88 Å². The van der Waals surface area contributed by atoms with E-state index in [1.807, 2.05) is 64.1 Å². The molecule has 4 rings (SSSR count). The van der Waals surface area contributed by atoms with Gasteiger partial charge in [-0.3, -0.25) is 9.59 Å². The molecule has 1 atom stereocenters. The van der Waals surface area contributed by atoms with E-state index in [-0.39, 0.29) is 23.2 Å². The van der Waals surface area contributed by atoms with Crippen molar-refractivity contribution < 1.29 is 33.0 Å². The van der Waals surface area contributed by atoms with Crippen molar-refractivity contribution in [3.63, 3.8) is 0 Å². The molecule has 0 radical (unpaired) electrons. The fourth-order valence-electron chi connectivity index (χ4n) is 4.94. The van der Waals surface area contributed by atoms with Crippen molar-refractivity contribution in [2.45, 2.75) is 52.1 Å². The molecule has 3 amide bonds. The predicted molar refractivity (Wildman–Crippen MR) is 178 cm³/mol. The number of hydrogen-bond acceptors (Lipinski definition) is 6. The Morgan fingerprint density at radius 1 is 0.978 bits per heavy atom. The second-order valence-electron chi connectivity index (χ2n) is 11.5. The van der Waals surface area contributed by atoms with Crippen LogP contribution < -0.4 is 20.7 Å². The lowest BCUT2D eigenvalue weighted by molar-refractivity contribution is -0.138. The summed E-state index contributed by atoms with van der Waals surface area (Å²) in [5.74, 6) is -2.33. The minimum Gasteiger partial charge on any atom is -0.494 e. The van der Waals surface area contributed by atoms with Gasteiger partial charge >= 0.3 is 12.0 Å². The predicted octanol–water partition coefficient (Wildman–Crippen LogP) is 4.99. The molecule has 12 nitrogen and oxygen atoms in total. The first kappa shape index (κ1) is 34.0. The van der Waals surface area contributed by atoms with Gasteiger partial charge in [-0.15, -0.1) is 0 Å². The number of sulfonamides is 1. The Hall–Kier alpha value is -4.88. The lowest BCUT2D eigenvalue weighted by Crippen LogP contribution is -2.48. The van der Waals surface area contributed by atoms with Crippen molar-refractivity contribution in [2.75, 3.05) is 22.9 Å². The fourth-order valence-corrected chi connectivity index (χ4v) is 6.35. The number of hydrogen-bond donors (Lipinski definition) is 6. The standard InChI is InChI=1S/C33H39N5O7S/c1-5-6-17-46(44,45)37-28(31(41)42)19-34-29(39)22-11-12-23-20-38(30(40)26(23)18-22)33(3,4)24-13-15-25(16-14-24)35-32(43)36-27-10-8-7-9-21(27)2/h7-16,18,20,28,37,40H,5-6,17,19H2,1-4H3,(H,34,39)(H,41,42)(H2,35,36,43). The van der Waals surface area contributed by atoms with Gasteiger partial charge in [-0.05, 0) is 68.7 Å². The fraction of sp³-hybridized carbons (Fsp3) is 0.303. The van der Waals surface area contributed by atoms with Crippen LogP contribution in [-0.2, 0) is 20.4 Å². The maximum atomic E-state index is 12.9. The van der Waals surface area contributed by atoms with Gasteiger partial charge in [-0.1, -0.05) is 49.7 Å². The van der Waals surface area contributed by atoms with Crippen LogP contribution in [0.3, 0.4) is 0 Å². The number of carboxylic acid groups (broad SMARTS) is 1. The summed E-state index contributed by atoms with van der Waals surface area (Å²) in [5, 5.41) is 29.9. The molecule has 4 aromatic rings. The number of aromatic nitrogens is 1. The highest BCUT2D eigenvalue weighted by molar-refractivity contribution is 7.89. The van der Waals surface area contributed by atoms with Crippen molar-refractivity contribution in [1.82, 2.24) is 14.6 Å². The normalized spacial score (nSPS) is 12.4. The largest absolute Gasteiger partial charge is 0.494 e. The minimum absolute atomic E-state index is 0.0819. The molecular formula is C33H39N5O7S. The van der Waals surface area contributed by atoms with Crippen LogP contribution in [0.15, 0.2) is 72.9 Å². The molecule has 1 aromatic heterocycles. The number of rotatable bonds is 13. The third-order valence-corrected chi connectivity index (χ3v) is 9.22. The van der Waals surface area contributed by atoms with Crippen LogP contribution in [0.2, 0.25) is 0 Å². The highest BCUT2D eigenvalue weighted by Gasteiger charge is 2.28. The van der Waals surface area contributed by atoms with Crippen molar-refractivity contribution in [1.29, 1.82) is 0 Å². The third kappa shape index (κ3) is 8.03. The molecule has 0 aliphatic rings. The smallest absolute Gasteiger partial charge is 0.323 e. The lowest BCUT2D eigenvalue weighted by Gasteiger charge is -2.28. The number of amides is 3. The molecule has 0 aliphatic heterocycles. The quantitative estimate of drug-likeness (QED) is 0.118. The van der Waals surface area contributed by atoms with E-state index in [0.717, 1.165) is 11.1 Å². The summed E-state index contributed by atoms with van der Waals surface area (Å²) >= 11 is 0. The van der Waals surface area contributed by atoms with Gasteiger partial charge in [0.25, 0.3) is 5.91 Å². The number of aryl methyl sites for hydroxylation is 1. The number of carbonyl (C=O) groups excluding carboxylic acids is 2. The molecule has 3 aromatic carbocycles. The van der Waals surface area contributed by atoms with E-state index in [1.165, 1.54) is 12.1 Å². The number of anilines is 2. The van der Waals surface area contributed by atoms with Crippen molar-refractivity contribution in [2.24, 2.45) is 0 Å². The Morgan fingerprint density at radius 2 is 1.67 bits per heavy atom. The van der Waals surface area contributed by atoms with E-state index in [2.05, 4.69) is 20.7 Å². The Morgan fingerprint density at radius 3 is 2.33 bits per heavy atom. The Labute approximate surface area is 267 Å². The van der Waals surface area contributed by atoms with Crippen LogP contribution in [0.1, 0.15) is 55.1 Å². The first-order valence-corrected chi connectivity index (χ1v) is 16.5. The van der Waals surface area contributed by atoms with E-state index in [1.54, 1.807) is 29.0 Å². The molecule has 0 saturated carbocycles. The van der Waals surface area contributed by atoms with Gasteiger partial charge in [0.05, 0.1) is 11.3 Å². The van der Waals surface area contributed by atoms with Crippen molar-refractivity contribution >= 4 is 50.1 Å². The number of unbranched alkanes of at least 4 members (excludes halogenated alkanes) is 1. The molecule has 0 saturated heterocycles. The first-order valence-electron chi connectivity index (χ1n) is 14.8. The van der Waals surface area contributed by atoms with Crippen LogP contribution >= 0.6 is 0 Å². The maximum Gasteiger partial charge on any atom is 0.323 e. The Kier molecular flexibility index (Phi) is 10.4. The molecule has 0 bridgehead atoms. The average Bonchev–Trinajstić information content (AvgIpc) is 3.35. The van der Waals surface area contributed by atoms with Crippen LogP contribution in [-0.4, -0.2) is 59.4 Å². The summed E-state index contributed by atoms with van der Waals surface area (Å²) in [6, 6.07) is 17.5. The third-order valence-electron chi connectivity index (χ3n) is 7.75. The summed E-state index contributed by atoms with van der Waals surface area (Å²) in [4.78, 5) is 37.1. The van der Waals surface area contributed by atoms with Crippen molar-refractivity contribution in [3.05, 3.63) is 89.6 Å². The summed E-state index contributed by atoms with van der Waals surface area (Å²) in [6.07, 6.45) is 2.77. The number of nitrogens with one attached hydrogen (secondary N) is 4. The van der Waals surface area contributed by atoms with E-state index >= 15 is 0 Å². The number of benzene rings is 3. The van der Waals surface area contributed by atoms with E-state index < -0.39 is 40.0 Å². The van der Waals surface area contributed by atoms with Gasteiger partial charge in [0.15, 0.2) is 5.88 Å². The Bertz CT molecular complexity index is 1850. The highest BCUT2D eigenvalue weighted by atomic mass is 32.2. The van der Waals surface area contributed by atoms with Gasteiger partial charge in [0.2, 0.25) is 10.0 Å².